The maximum absolute atomic E-state index is 12.2. The maximum atomic E-state index is 12.2. The Morgan fingerprint density at radius 1 is 1.24 bits per heavy atom. The molecule has 0 heterocycles. The van der Waals surface area contributed by atoms with Crippen molar-refractivity contribution in [2.45, 2.75) is 0 Å². The van der Waals surface area contributed by atoms with Crippen LogP contribution in [0.25, 0.3) is 0 Å². The number of carbonyl (C=O) groups is 1. The van der Waals surface area contributed by atoms with E-state index in [0.717, 1.165) is 4.47 Å². The van der Waals surface area contributed by atoms with Crippen molar-refractivity contribution < 1.29 is 14.5 Å². The molecule has 0 fully saturated rings. The van der Waals surface area contributed by atoms with Crippen LogP contribution in [0.3, 0.4) is 0 Å². The highest BCUT2D eigenvalue weighted by Gasteiger charge is 2.13. The fraction of sp³-hybridized carbons (Fsp3) is 0.0714. The summed E-state index contributed by atoms with van der Waals surface area (Å²) in [6.07, 6.45) is 0. The Kier molecular flexibility index (Phi) is 4.54. The number of anilines is 1. The number of nitro groups is 1. The van der Waals surface area contributed by atoms with E-state index in [4.69, 9.17) is 4.74 Å². The zero-order valence-electron chi connectivity index (χ0n) is 11.0. The third-order valence-electron chi connectivity index (χ3n) is 2.74. The number of hydrogen-bond donors (Lipinski definition) is 1. The molecule has 1 N–H and O–H groups in total. The molecule has 0 aliphatic rings. The summed E-state index contributed by atoms with van der Waals surface area (Å²) in [7, 11) is 1.48. The lowest BCUT2D eigenvalue weighted by Crippen LogP contribution is -2.13. The molecule has 21 heavy (non-hydrogen) atoms. The third-order valence-corrected chi connectivity index (χ3v) is 3.24. The lowest BCUT2D eigenvalue weighted by atomic mass is 10.2. The predicted molar refractivity (Wildman–Crippen MR) is 81.7 cm³/mol. The minimum Gasteiger partial charge on any atom is -0.496 e. The minimum absolute atomic E-state index is 0.0342. The molecule has 0 aromatic heterocycles. The number of ether oxygens (including phenoxy) is 1. The molecule has 0 aliphatic carbocycles. The first-order chi connectivity index (χ1) is 10.0. The molecule has 2 aromatic carbocycles. The van der Waals surface area contributed by atoms with Gasteiger partial charge in [-0.2, -0.15) is 0 Å². The summed E-state index contributed by atoms with van der Waals surface area (Å²) in [5, 5.41) is 13.2. The fourth-order valence-corrected chi connectivity index (χ4v) is 2.08. The second-order valence-corrected chi connectivity index (χ2v) is 5.02. The topological polar surface area (TPSA) is 81.5 Å². The zero-order chi connectivity index (χ0) is 15.4. The van der Waals surface area contributed by atoms with Gasteiger partial charge in [-0.25, -0.2) is 0 Å². The first-order valence-electron chi connectivity index (χ1n) is 5.90. The molecule has 0 saturated carbocycles. The first kappa shape index (κ1) is 15.0. The quantitative estimate of drug-likeness (QED) is 0.674. The van der Waals surface area contributed by atoms with Crippen molar-refractivity contribution in [3.63, 3.8) is 0 Å². The molecule has 0 bridgehead atoms. The Labute approximate surface area is 129 Å². The van der Waals surface area contributed by atoms with Gasteiger partial charge in [0.15, 0.2) is 0 Å². The standard InChI is InChI=1S/C14H11BrN2O4/c1-21-13-7-2-9(15)8-12(13)14(18)16-10-3-5-11(6-4-10)17(19)20/h2-8H,1H3,(H,16,18). The summed E-state index contributed by atoms with van der Waals surface area (Å²) >= 11 is 3.29. The maximum Gasteiger partial charge on any atom is 0.269 e. The van der Waals surface area contributed by atoms with E-state index in [0.29, 0.717) is 17.0 Å². The van der Waals surface area contributed by atoms with Crippen molar-refractivity contribution in [1.29, 1.82) is 0 Å². The summed E-state index contributed by atoms with van der Waals surface area (Å²) in [6.45, 7) is 0. The summed E-state index contributed by atoms with van der Waals surface area (Å²) in [5.74, 6) is 0.0830. The highest BCUT2D eigenvalue weighted by Crippen LogP contribution is 2.24. The average molecular weight is 351 g/mol. The van der Waals surface area contributed by atoms with Crippen LogP contribution in [0.1, 0.15) is 10.4 Å². The summed E-state index contributed by atoms with van der Waals surface area (Å²) in [6, 6.07) is 10.7. The smallest absolute Gasteiger partial charge is 0.269 e. The largest absolute Gasteiger partial charge is 0.496 e. The highest BCUT2D eigenvalue weighted by atomic mass is 79.9. The summed E-state index contributed by atoms with van der Waals surface area (Å²) < 4.78 is 5.89. The third kappa shape index (κ3) is 3.57. The van der Waals surface area contributed by atoms with Crippen molar-refractivity contribution in [2.24, 2.45) is 0 Å². The van der Waals surface area contributed by atoms with Gasteiger partial charge in [0.2, 0.25) is 0 Å². The molecule has 1 amide bonds. The van der Waals surface area contributed by atoms with Gasteiger partial charge in [0.25, 0.3) is 11.6 Å². The van der Waals surface area contributed by atoms with E-state index in [1.807, 2.05) is 0 Å². The molecular formula is C14H11BrN2O4. The van der Waals surface area contributed by atoms with Gasteiger partial charge in [-0.15, -0.1) is 0 Å². The number of carbonyl (C=O) groups excluding carboxylic acids is 1. The number of methoxy groups -OCH3 is 1. The second kappa shape index (κ2) is 6.36. The summed E-state index contributed by atoms with van der Waals surface area (Å²) in [5.41, 5.74) is 0.797. The molecule has 0 atom stereocenters. The molecule has 0 saturated heterocycles. The molecule has 2 aromatic rings. The highest BCUT2D eigenvalue weighted by molar-refractivity contribution is 9.10. The summed E-state index contributed by atoms with van der Waals surface area (Å²) in [4.78, 5) is 22.3. The number of rotatable bonds is 4. The number of benzene rings is 2. The van der Waals surface area contributed by atoms with Crippen molar-refractivity contribution in [1.82, 2.24) is 0 Å². The van der Waals surface area contributed by atoms with Crippen LogP contribution in [0.5, 0.6) is 5.75 Å². The Morgan fingerprint density at radius 2 is 1.90 bits per heavy atom. The van der Waals surface area contributed by atoms with E-state index in [1.54, 1.807) is 18.2 Å². The lowest BCUT2D eigenvalue weighted by molar-refractivity contribution is -0.384. The van der Waals surface area contributed by atoms with E-state index < -0.39 is 4.92 Å². The van der Waals surface area contributed by atoms with Gasteiger partial charge in [0.05, 0.1) is 17.6 Å². The number of nitrogens with zero attached hydrogens (tertiary/aromatic N) is 1. The molecule has 6 nitrogen and oxygen atoms in total. The van der Waals surface area contributed by atoms with Crippen LogP contribution in [0.15, 0.2) is 46.9 Å². The Balaban J connectivity index is 2.21. The molecule has 7 heteroatoms. The average Bonchev–Trinajstić information content (AvgIpc) is 2.47. The number of nitro benzene ring substituents is 1. The van der Waals surface area contributed by atoms with E-state index >= 15 is 0 Å². The minimum atomic E-state index is -0.497. The Hall–Kier alpha value is -2.41. The van der Waals surface area contributed by atoms with E-state index in [-0.39, 0.29) is 11.6 Å². The van der Waals surface area contributed by atoms with Gasteiger partial charge in [0.1, 0.15) is 5.75 Å². The Morgan fingerprint density at radius 3 is 2.48 bits per heavy atom. The molecule has 108 valence electrons. The number of amides is 1. The van der Waals surface area contributed by atoms with Crippen LogP contribution in [0.2, 0.25) is 0 Å². The van der Waals surface area contributed by atoms with Gasteiger partial charge in [-0.1, -0.05) is 15.9 Å². The van der Waals surface area contributed by atoms with Crippen LogP contribution in [-0.2, 0) is 0 Å². The molecule has 0 unspecified atom stereocenters. The molecule has 0 spiro atoms. The molecule has 0 radical (unpaired) electrons. The molecule has 2 rings (SSSR count). The van der Waals surface area contributed by atoms with Crippen LogP contribution >= 0.6 is 15.9 Å². The van der Waals surface area contributed by atoms with Gasteiger partial charge in [-0.3, -0.25) is 14.9 Å². The molecule has 0 aliphatic heterocycles. The normalized spacial score (nSPS) is 10.0. The van der Waals surface area contributed by atoms with Gasteiger partial charge >= 0.3 is 0 Å². The van der Waals surface area contributed by atoms with Crippen molar-refractivity contribution in [2.75, 3.05) is 12.4 Å². The van der Waals surface area contributed by atoms with Crippen LogP contribution in [0.4, 0.5) is 11.4 Å². The van der Waals surface area contributed by atoms with Crippen LogP contribution in [-0.4, -0.2) is 17.9 Å². The number of non-ortho nitro benzene ring substituents is 1. The van der Waals surface area contributed by atoms with E-state index in [2.05, 4.69) is 21.2 Å². The number of nitrogens with one attached hydrogen (secondary N) is 1. The fourth-order valence-electron chi connectivity index (χ4n) is 1.72. The van der Waals surface area contributed by atoms with E-state index in [9.17, 15) is 14.9 Å². The first-order valence-corrected chi connectivity index (χ1v) is 6.70. The SMILES string of the molecule is COc1ccc(Br)cc1C(=O)Nc1ccc([N+](=O)[O-])cc1. The van der Waals surface area contributed by atoms with Crippen molar-refractivity contribution in [3.05, 3.63) is 62.6 Å². The lowest BCUT2D eigenvalue weighted by Gasteiger charge is -2.09. The predicted octanol–water partition coefficient (Wildman–Crippen LogP) is 3.62. The van der Waals surface area contributed by atoms with Gasteiger partial charge in [0, 0.05) is 22.3 Å². The van der Waals surface area contributed by atoms with Gasteiger partial charge < -0.3 is 10.1 Å². The van der Waals surface area contributed by atoms with Crippen LogP contribution in [0, 0.1) is 10.1 Å². The number of halogens is 1. The zero-order valence-corrected chi connectivity index (χ0v) is 12.6. The monoisotopic (exact) mass is 350 g/mol. The van der Waals surface area contributed by atoms with E-state index in [1.165, 1.54) is 31.4 Å². The van der Waals surface area contributed by atoms with Crippen molar-refractivity contribution in [3.8, 4) is 5.75 Å². The van der Waals surface area contributed by atoms with Crippen LogP contribution < -0.4 is 10.1 Å². The van der Waals surface area contributed by atoms with Crippen molar-refractivity contribution >= 4 is 33.2 Å². The molecular weight excluding hydrogens is 340 g/mol. The number of hydrogen-bond acceptors (Lipinski definition) is 4. The second-order valence-electron chi connectivity index (χ2n) is 4.10. The van der Waals surface area contributed by atoms with Gasteiger partial charge in [-0.05, 0) is 30.3 Å². The Bertz CT molecular complexity index is 686.